The van der Waals surface area contributed by atoms with Crippen LogP contribution in [0.2, 0.25) is 0 Å². The van der Waals surface area contributed by atoms with Gasteiger partial charge in [0.05, 0.1) is 5.92 Å². The Morgan fingerprint density at radius 1 is 1.39 bits per heavy atom. The molecule has 0 unspecified atom stereocenters. The zero-order valence-electron chi connectivity index (χ0n) is 10.1. The lowest BCUT2D eigenvalue weighted by Gasteiger charge is -2.08. The topological polar surface area (TPSA) is 66.4 Å². The molecule has 0 aliphatic rings. The Balaban J connectivity index is 2.34. The van der Waals surface area contributed by atoms with E-state index in [1.54, 1.807) is 6.92 Å². The normalized spacial score (nSPS) is 11.9. The standard InChI is InChI=1S/C13H16BrNO3/c1-9(13(17)18)8-15-12(16)7-6-10-4-2-3-5-11(10)14/h2-5,9H,6-8H2,1H3,(H,15,16)(H,17,18)/t9-/m1/s1. The molecule has 0 radical (unpaired) electrons. The monoisotopic (exact) mass is 313 g/mol. The van der Waals surface area contributed by atoms with E-state index in [0.717, 1.165) is 10.0 Å². The number of carboxylic acids is 1. The van der Waals surface area contributed by atoms with E-state index in [0.29, 0.717) is 12.8 Å². The van der Waals surface area contributed by atoms with E-state index < -0.39 is 11.9 Å². The maximum absolute atomic E-state index is 11.5. The van der Waals surface area contributed by atoms with Gasteiger partial charge in [0, 0.05) is 17.4 Å². The Hall–Kier alpha value is -1.36. The van der Waals surface area contributed by atoms with Crippen LogP contribution in [0.3, 0.4) is 0 Å². The highest BCUT2D eigenvalue weighted by Crippen LogP contribution is 2.17. The van der Waals surface area contributed by atoms with E-state index >= 15 is 0 Å². The summed E-state index contributed by atoms with van der Waals surface area (Å²) in [4.78, 5) is 22.1. The number of amides is 1. The number of nitrogens with one attached hydrogen (secondary N) is 1. The number of aliphatic carboxylic acids is 1. The van der Waals surface area contributed by atoms with Gasteiger partial charge in [-0.25, -0.2) is 0 Å². The third-order valence-corrected chi connectivity index (χ3v) is 3.38. The van der Waals surface area contributed by atoms with Crippen LogP contribution in [0.25, 0.3) is 0 Å². The number of hydrogen-bond acceptors (Lipinski definition) is 2. The van der Waals surface area contributed by atoms with E-state index in [1.165, 1.54) is 0 Å². The predicted molar refractivity (Wildman–Crippen MR) is 72.3 cm³/mol. The summed E-state index contributed by atoms with van der Waals surface area (Å²) in [7, 11) is 0. The van der Waals surface area contributed by atoms with Gasteiger partial charge in [0.1, 0.15) is 0 Å². The fourth-order valence-corrected chi connectivity index (χ4v) is 1.87. The second kappa shape index (κ2) is 7.16. The first-order valence-corrected chi connectivity index (χ1v) is 6.53. The minimum Gasteiger partial charge on any atom is -0.481 e. The molecule has 1 rings (SSSR count). The Labute approximate surface area is 115 Å². The van der Waals surface area contributed by atoms with Crippen molar-refractivity contribution in [2.75, 3.05) is 6.54 Å². The molecular weight excluding hydrogens is 298 g/mol. The van der Waals surface area contributed by atoms with E-state index in [2.05, 4.69) is 21.2 Å². The molecule has 0 fully saturated rings. The Morgan fingerprint density at radius 2 is 2.06 bits per heavy atom. The fourth-order valence-electron chi connectivity index (χ4n) is 1.39. The molecule has 0 saturated carbocycles. The molecule has 0 aromatic heterocycles. The minimum atomic E-state index is -0.902. The van der Waals surface area contributed by atoms with Gasteiger partial charge in [0.15, 0.2) is 0 Å². The molecule has 0 bridgehead atoms. The summed E-state index contributed by atoms with van der Waals surface area (Å²) in [5.41, 5.74) is 1.07. The molecular formula is C13H16BrNO3. The first kappa shape index (κ1) is 14.7. The van der Waals surface area contributed by atoms with E-state index in [4.69, 9.17) is 5.11 Å². The molecule has 4 nitrogen and oxygen atoms in total. The van der Waals surface area contributed by atoms with Crippen LogP contribution >= 0.6 is 15.9 Å². The predicted octanol–water partition coefficient (Wildman–Crippen LogP) is 2.22. The van der Waals surface area contributed by atoms with Crippen molar-refractivity contribution in [3.63, 3.8) is 0 Å². The number of rotatable bonds is 6. The highest BCUT2D eigenvalue weighted by molar-refractivity contribution is 9.10. The molecule has 0 saturated heterocycles. The minimum absolute atomic E-state index is 0.126. The van der Waals surface area contributed by atoms with Crippen molar-refractivity contribution in [3.8, 4) is 0 Å². The largest absolute Gasteiger partial charge is 0.481 e. The Bertz CT molecular complexity index is 434. The van der Waals surface area contributed by atoms with Gasteiger partial charge in [-0.05, 0) is 18.1 Å². The third-order valence-electron chi connectivity index (χ3n) is 2.61. The molecule has 5 heteroatoms. The molecule has 2 N–H and O–H groups in total. The average Bonchev–Trinajstić information content (AvgIpc) is 2.34. The smallest absolute Gasteiger partial charge is 0.308 e. The zero-order chi connectivity index (χ0) is 13.5. The van der Waals surface area contributed by atoms with E-state index in [-0.39, 0.29) is 12.5 Å². The summed E-state index contributed by atoms with van der Waals surface area (Å²) in [6.45, 7) is 1.74. The van der Waals surface area contributed by atoms with Crippen LogP contribution in [0.5, 0.6) is 0 Å². The summed E-state index contributed by atoms with van der Waals surface area (Å²) in [6.07, 6.45) is 0.990. The van der Waals surface area contributed by atoms with Crippen molar-refractivity contribution in [3.05, 3.63) is 34.3 Å². The number of aryl methyl sites for hydroxylation is 1. The van der Waals surface area contributed by atoms with Gasteiger partial charge in [-0.3, -0.25) is 9.59 Å². The van der Waals surface area contributed by atoms with Crippen LogP contribution in [-0.4, -0.2) is 23.5 Å². The molecule has 1 atom stereocenters. The van der Waals surface area contributed by atoms with Gasteiger partial charge in [0.25, 0.3) is 0 Å². The van der Waals surface area contributed by atoms with Crippen molar-refractivity contribution < 1.29 is 14.7 Å². The lowest BCUT2D eigenvalue weighted by molar-refractivity contribution is -0.141. The maximum Gasteiger partial charge on any atom is 0.308 e. The first-order chi connectivity index (χ1) is 8.50. The third kappa shape index (κ3) is 4.87. The average molecular weight is 314 g/mol. The van der Waals surface area contributed by atoms with Gasteiger partial charge in [-0.2, -0.15) is 0 Å². The van der Waals surface area contributed by atoms with Crippen molar-refractivity contribution in [1.29, 1.82) is 0 Å². The second-order valence-corrected chi connectivity index (χ2v) is 4.99. The van der Waals surface area contributed by atoms with Gasteiger partial charge in [-0.1, -0.05) is 41.1 Å². The molecule has 0 aliphatic carbocycles. The fraction of sp³-hybridized carbons (Fsp3) is 0.385. The summed E-state index contributed by atoms with van der Waals surface area (Å²) >= 11 is 3.42. The second-order valence-electron chi connectivity index (χ2n) is 4.13. The number of carbonyl (C=O) groups is 2. The summed E-state index contributed by atoms with van der Waals surface area (Å²) in [6, 6.07) is 7.73. The van der Waals surface area contributed by atoms with E-state index in [9.17, 15) is 9.59 Å². The van der Waals surface area contributed by atoms with Crippen molar-refractivity contribution in [2.45, 2.75) is 19.8 Å². The van der Waals surface area contributed by atoms with Crippen LogP contribution in [-0.2, 0) is 16.0 Å². The molecule has 98 valence electrons. The van der Waals surface area contributed by atoms with Crippen molar-refractivity contribution in [2.24, 2.45) is 5.92 Å². The van der Waals surface area contributed by atoms with Crippen LogP contribution < -0.4 is 5.32 Å². The lowest BCUT2D eigenvalue weighted by Crippen LogP contribution is -2.31. The molecule has 0 spiro atoms. The van der Waals surface area contributed by atoms with Crippen LogP contribution in [0.15, 0.2) is 28.7 Å². The highest BCUT2D eigenvalue weighted by Gasteiger charge is 2.12. The lowest BCUT2D eigenvalue weighted by atomic mass is 10.1. The molecule has 1 aromatic carbocycles. The SMILES string of the molecule is C[C@H](CNC(=O)CCc1ccccc1Br)C(=O)O. The van der Waals surface area contributed by atoms with E-state index in [1.807, 2.05) is 24.3 Å². The van der Waals surface area contributed by atoms with Crippen molar-refractivity contribution in [1.82, 2.24) is 5.32 Å². The number of carbonyl (C=O) groups excluding carboxylic acids is 1. The molecule has 1 aromatic rings. The highest BCUT2D eigenvalue weighted by atomic mass is 79.9. The van der Waals surface area contributed by atoms with Crippen LogP contribution in [0, 0.1) is 5.92 Å². The zero-order valence-corrected chi connectivity index (χ0v) is 11.7. The Kier molecular flexibility index (Phi) is 5.85. The Morgan fingerprint density at radius 3 is 2.67 bits per heavy atom. The van der Waals surface area contributed by atoms with Gasteiger partial charge in [0.2, 0.25) is 5.91 Å². The number of halogens is 1. The maximum atomic E-state index is 11.5. The van der Waals surface area contributed by atoms with Crippen LogP contribution in [0.4, 0.5) is 0 Å². The summed E-state index contributed by atoms with van der Waals surface area (Å²) in [5, 5.41) is 11.3. The first-order valence-electron chi connectivity index (χ1n) is 5.73. The van der Waals surface area contributed by atoms with Crippen molar-refractivity contribution >= 4 is 27.8 Å². The molecule has 18 heavy (non-hydrogen) atoms. The van der Waals surface area contributed by atoms with Crippen LogP contribution in [0.1, 0.15) is 18.9 Å². The summed E-state index contributed by atoms with van der Waals surface area (Å²) in [5.74, 6) is -1.59. The summed E-state index contributed by atoms with van der Waals surface area (Å²) < 4.78 is 0.983. The number of carboxylic acid groups (broad SMARTS) is 1. The quantitative estimate of drug-likeness (QED) is 0.846. The molecule has 1 amide bonds. The number of hydrogen-bond donors (Lipinski definition) is 2. The van der Waals surface area contributed by atoms with Gasteiger partial charge < -0.3 is 10.4 Å². The number of benzene rings is 1. The molecule has 0 heterocycles. The molecule has 0 aliphatic heterocycles. The van der Waals surface area contributed by atoms with Gasteiger partial charge in [-0.15, -0.1) is 0 Å². The van der Waals surface area contributed by atoms with Gasteiger partial charge >= 0.3 is 5.97 Å².